The fourth-order valence-electron chi connectivity index (χ4n) is 5.35. The number of thiophene rings is 1. The number of pyridine rings is 2. The molecule has 2 aliphatic rings. The Morgan fingerprint density at radius 1 is 1.12 bits per heavy atom. The monoisotopic (exact) mass is 558 g/mol. The number of anilines is 2. The topological polar surface area (TPSA) is 99.7 Å². The molecule has 5 heterocycles. The first kappa shape index (κ1) is 26.3. The van der Waals surface area contributed by atoms with Crippen LogP contribution in [0.1, 0.15) is 42.9 Å². The molecule has 2 N–H and O–H groups in total. The molecule has 40 heavy (non-hydrogen) atoms. The molecule has 1 saturated heterocycles. The number of hydrogen-bond acceptors (Lipinski definition) is 8. The number of carbonyl (C=O) groups is 2. The van der Waals surface area contributed by atoms with E-state index in [1.807, 2.05) is 46.0 Å². The number of ether oxygens (including phenoxy) is 1. The van der Waals surface area contributed by atoms with Crippen LogP contribution in [-0.2, 0) is 4.74 Å². The third kappa shape index (κ3) is 4.92. The molecule has 6 rings (SSSR count). The Balaban J connectivity index is 1.24. The molecular formula is C30H34N6O3S. The molecule has 2 aliphatic heterocycles. The van der Waals surface area contributed by atoms with Gasteiger partial charge in [-0.3, -0.25) is 4.79 Å². The van der Waals surface area contributed by atoms with Crippen molar-refractivity contribution in [3.8, 4) is 11.3 Å². The number of nitrogens with one attached hydrogen (secondary N) is 2. The Morgan fingerprint density at radius 3 is 2.62 bits per heavy atom. The van der Waals surface area contributed by atoms with Crippen LogP contribution in [0.4, 0.5) is 16.3 Å². The minimum atomic E-state index is -0.500. The van der Waals surface area contributed by atoms with Gasteiger partial charge in [0.2, 0.25) is 0 Å². The number of aromatic nitrogens is 2. The highest BCUT2D eigenvalue weighted by molar-refractivity contribution is 7.21. The Kier molecular flexibility index (Phi) is 6.53. The largest absolute Gasteiger partial charge is 0.444 e. The van der Waals surface area contributed by atoms with Crippen LogP contribution in [-0.4, -0.2) is 71.2 Å². The smallest absolute Gasteiger partial charge is 0.410 e. The van der Waals surface area contributed by atoms with Crippen molar-refractivity contribution < 1.29 is 14.3 Å². The normalized spacial score (nSPS) is 17.8. The van der Waals surface area contributed by atoms with Crippen molar-refractivity contribution in [2.75, 3.05) is 42.9 Å². The Hall–Kier alpha value is -3.92. The van der Waals surface area contributed by atoms with Crippen LogP contribution >= 0.6 is 11.3 Å². The molecule has 1 aromatic carbocycles. The average molecular weight is 559 g/mol. The highest BCUT2D eigenvalue weighted by Crippen LogP contribution is 2.41. The third-order valence-electron chi connectivity index (χ3n) is 7.27. The number of piperazine rings is 1. The van der Waals surface area contributed by atoms with Crippen molar-refractivity contribution in [3.63, 3.8) is 0 Å². The zero-order valence-corrected chi connectivity index (χ0v) is 24.3. The summed E-state index contributed by atoms with van der Waals surface area (Å²) >= 11 is 1.51. The summed E-state index contributed by atoms with van der Waals surface area (Å²) in [6, 6.07) is 10.4. The lowest BCUT2D eigenvalue weighted by Crippen LogP contribution is -2.50. The van der Waals surface area contributed by atoms with Crippen LogP contribution in [0.15, 0.2) is 36.5 Å². The summed E-state index contributed by atoms with van der Waals surface area (Å²) in [5.41, 5.74) is 4.14. The first-order chi connectivity index (χ1) is 19.1. The van der Waals surface area contributed by atoms with E-state index in [-0.39, 0.29) is 18.0 Å². The Labute approximate surface area is 237 Å². The van der Waals surface area contributed by atoms with E-state index < -0.39 is 5.60 Å². The highest BCUT2D eigenvalue weighted by atomic mass is 32.1. The van der Waals surface area contributed by atoms with Crippen molar-refractivity contribution in [2.24, 2.45) is 0 Å². The minimum Gasteiger partial charge on any atom is -0.444 e. The minimum absolute atomic E-state index is 0.0284. The summed E-state index contributed by atoms with van der Waals surface area (Å²) in [6.45, 7) is 13.0. The van der Waals surface area contributed by atoms with E-state index in [1.54, 1.807) is 4.90 Å². The van der Waals surface area contributed by atoms with Gasteiger partial charge in [-0.15, -0.1) is 11.3 Å². The zero-order chi connectivity index (χ0) is 28.2. The summed E-state index contributed by atoms with van der Waals surface area (Å²) in [5, 5.41) is 8.61. The summed E-state index contributed by atoms with van der Waals surface area (Å²) in [5.74, 6) is 0.897. The zero-order valence-electron chi connectivity index (χ0n) is 23.5. The van der Waals surface area contributed by atoms with Gasteiger partial charge in [0.25, 0.3) is 5.91 Å². The molecule has 10 heteroatoms. The second kappa shape index (κ2) is 9.92. The van der Waals surface area contributed by atoms with Crippen LogP contribution in [0, 0.1) is 6.92 Å². The van der Waals surface area contributed by atoms with Gasteiger partial charge < -0.3 is 25.2 Å². The molecule has 3 aromatic heterocycles. The van der Waals surface area contributed by atoms with E-state index in [0.717, 1.165) is 54.2 Å². The van der Waals surface area contributed by atoms with Gasteiger partial charge in [0.15, 0.2) is 0 Å². The van der Waals surface area contributed by atoms with Crippen molar-refractivity contribution in [1.29, 1.82) is 0 Å². The van der Waals surface area contributed by atoms with E-state index in [0.29, 0.717) is 32.7 Å². The molecule has 0 saturated carbocycles. The molecule has 0 aliphatic carbocycles. The van der Waals surface area contributed by atoms with Gasteiger partial charge in [0.05, 0.1) is 16.9 Å². The number of benzene rings is 1. The molecule has 0 spiro atoms. The van der Waals surface area contributed by atoms with Gasteiger partial charge in [-0.1, -0.05) is 0 Å². The van der Waals surface area contributed by atoms with Gasteiger partial charge in [-0.2, -0.15) is 0 Å². The number of aryl methyl sites for hydroxylation is 1. The SMILES string of the molecule is Cc1cc(-c2ccc3c(ccc4sc5c(c43)NC[C@@H](C)NC5=O)n2)cnc1N1CCN(C(=O)OC(C)(C)C)CC1. The van der Waals surface area contributed by atoms with Crippen LogP contribution in [0.3, 0.4) is 0 Å². The van der Waals surface area contributed by atoms with Gasteiger partial charge in [0.1, 0.15) is 16.3 Å². The van der Waals surface area contributed by atoms with Crippen LogP contribution in [0.2, 0.25) is 0 Å². The van der Waals surface area contributed by atoms with Gasteiger partial charge >= 0.3 is 6.09 Å². The third-order valence-corrected chi connectivity index (χ3v) is 8.42. The number of fused-ring (bicyclic) bond motifs is 5. The molecule has 1 atom stereocenters. The molecular weight excluding hydrogens is 524 g/mol. The van der Waals surface area contributed by atoms with Crippen molar-refractivity contribution in [3.05, 3.63) is 47.0 Å². The second-order valence-corrected chi connectivity index (χ2v) is 12.6. The molecule has 0 bridgehead atoms. The van der Waals surface area contributed by atoms with Gasteiger partial charge in [-0.25, -0.2) is 14.8 Å². The summed E-state index contributed by atoms with van der Waals surface area (Å²) in [7, 11) is 0. The molecule has 0 radical (unpaired) electrons. The van der Waals surface area contributed by atoms with E-state index in [4.69, 9.17) is 14.7 Å². The number of carbonyl (C=O) groups excluding carboxylic acids is 2. The van der Waals surface area contributed by atoms with E-state index in [9.17, 15) is 9.59 Å². The fraction of sp³-hybridized carbons (Fsp3) is 0.400. The maximum Gasteiger partial charge on any atom is 0.410 e. The van der Waals surface area contributed by atoms with Crippen LogP contribution in [0.5, 0.6) is 0 Å². The van der Waals surface area contributed by atoms with E-state index in [2.05, 4.69) is 40.7 Å². The quantitative estimate of drug-likeness (QED) is 0.339. The predicted molar refractivity (Wildman–Crippen MR) is 161 cm³/mol. The Morgan fingerprint density at radius 2 is 1.90 bits per heavy atom. The highest BCUT2D eigenvalue weighted by Gasteiger charge is 2.27. The molecule has 1 fully saturated rings. The summed E-state index contributed by atoms with van der Waals surface area (Å²) in [4.78, 5) is 39.7. The standard InChI is InChI=1S/C30H34N6O3S/c1-17-14-19(16-32-27(17)35-10-12-36(13-11-35)29(38)39-30(3,4)5)21-7-6-20-22(34-21)8-9-23-24(20)25-26(40-23)28(37)33-18(2)15-31-25/h6-9,14,16,18,31H,10-13,15H2,1-5H3,(H,33,37)/t18-/m1/s1. The first-order valence-corrected chi connectivity index (χ1v) is 14.5. The molecule has 4 aromatic rings. The lowest BCUT2D eigenvalue weighted by molar-refractivity contribution is 0.0240. The number of nitrogens with zero attached hydrogens (tertiary/aromatic N) is 4. The van der Waals surface area contributed by atoms with E-state index >= 15 is 0 Å². The van der Waals surface area contributed by atoms with Crippen molar-refractivity contribution in [1.82, 2.24) is 20.2 Å². The number of hydrogen-bond donors (Lipinski definition) is 2. The number of amides is 2. The van der Waals surface area contributed by atoms with Gasteiger partial charge in [0, 0.05) is 66.0 Å². The number of rotatable bonds is 2. The lowest BCUT2D eigenvalue weighted by atomic mass is 10.1. The summed E-state index contributed by atoms with van der Waals surface area (Å²) in [6.07, 6.45) is 1.61. The van der Waals surface area contributed by atoms with Crippen LogP contribution < -0.4 is 15.5 Å². The first-order valence-electron chi connectivity index (χ1n) is 13.7. The maximum absolute atomic E-state index is 12.7. The molecule has 0 unspecified atom stereocenters. The predicted octanol–water partition coefficient (Wildman–Crippen LogP) is 5.42. The molecule has 2 amide bonds. The van der Waals surface area contributed by atoms with Crippen molar-refractivity contribution >= 4 is 55.8 Å². The summed E-state index contributed by atoms with van der Waals surface area (Å²) < 4.78 is 6.59. The fourth-order valence-corrected chi connectivity index (χ4v) is 6.45. The van der Waals surface area contributed by atoms with E-state index in [1.165, 1.54) is 11.3 Å². The maximum atomic E-state index is 12.7. The van der Waals surface area contributed by atoms with Crippen molar-refractivity contribution in [2.45, 2.75) is 46.3 Å². The second-order valence-electron chi connectivity index (χ2n) is 11.6. The molecule has 9 nitrogen and oxygen atoms in total. The Bertz CT molecular complexity index is 1630. The van der Waals surface area contributed by atoms with Crippen LogP contribution in [0.25, 0.3) is 32.2 Å². The average Bonchev–Trinajstić information content (AvgIpc) is 3.23. The lowest BCUT2D eigenvalue weighted by Gasteiger charge is -2.36. The van der Waals surface area contributed by atoms with Gasteiger partial charge in [-0.05, 0) is 70.5 Å². The molecule has 208 valence electrons.